The van der Waals surface area contributed by atoms with Crippen molar-refractivity contribution >= 4 is 5.97 Å². The number of rotatable bonds is 6. The van der Waals surface area contributed by atoms with E-state index in [1.807, 2.05) is 26.2 Å². The Bertz CT molecular complexity index is 821. The van der Waals surface area contributed by atoms with Gasteiger partial charge in [-0.25, -0.2) is 0 Å². The fourth-order valence-electron chi connectivity index (χ4n) is 4.87. The molecule has 1 saturated carbocycles. The summed E-state index contributed by atoms with van der Waals surface area (Å²) >= 11 is 0. The molecule has 1 heterocycles. The topological polar surface area (TPSA) is 65.0 Å². The van der Waals surface area contributed by atoms with Gasteiger partial charge in [0, 0.05) is 17.4 Å². The summed E-state index contributed by atoms with van der Waals surface area (Å²) in [7, 11) is 1.67. The van der Waals surface area contributed by atoms with Crippen molar-refractivity contribution in [3.8, 4) is 11.5 Å². The molecule has 0 saturated heterocycles. The van der Waals surface area contributed by atoms with Crippen LogP contribution in [0.1, 0.15) is 83.8 Å². The molecule has 1 N–H and O–H groups in total. The van der Waals surface area contributed by atoms with E-state index in [0.29, 0.717) is 23.8 Å². The summed E-state index contributed by atoms with van der Waals surface area (Å²) in [6.07, 6.45) is 6.45. The number of esters is 1. The lowest BCUT2D eigenvalue weighted by atomic mass is 9.65. The van der Waals surface area contributed by atoms with Gasteiger partial charge < -0.3 is 19.3 Å². The lowest BCUT2D eigenvalue weighted by Crippen LogP contribution is -2.46. The second kappa shape index (κ2) is 8.52. The highest BCUT2D eigenvalue weighted by atomic mass is 16.5. The number of fused-ring (bicyclic) bond motifs is 3. The summed E-state index contributed by atoms with van der Waals surface area (Å²) in [6.45, 7) is 10.4. The Balaban J connectivity index is 1.98. The summed E-state index contributed by atoms with van der Waals surface area (Å²) in [5.74, 6) is 1.05. The van der Waals surface area contributed by atoms with E-state index in [2.05, 4.69) is 20.8 Å². The Morgan fingerprint density at radius 2 is 2.10 bits per heavy atom. The Kier molecular flexibility index (Phi) is 6.40. The third-order valence-electron chi connectivity index (χ3n) is 6.75. The molecule has 1 aliphatic carbocycles. The molecular formula is C25H36O5. The first-order valence-electron chi connectivity index (χ1n) is 11.1. The summed E-state index contributed by atoms with van der Waals surface area (Å²) < 4.78 is 17.1. The van der Waals surface area contributed by atoms with Gasteiger partial charge in [0.2, 0.25) is 0 Å². The van der Waals surface area contributed by atoms with Crippen molar-refractivity contribution in [3.05, 3.63) is 35.1 Å². The fourth-order valence-corrected chi connectivity index (χ4v) is 4.87. The van der Waals surface area contributed by atoms with Gasteiger partial charge in [-0.3, -0.25) is 4.79 Å². The number of carbonyl (C=O) groups excluding carboxylic acids is 1. The summed E-state index contributed by atoms with van der Waals surface area (Å²) in [5.41, 5.74) is 1.58. The van der Waals surface area contributed by atoms with E-state index in [1.165, 1.54) is 5.57 Å². The van der Waals surface area contributed by atoms with Gasteiger partial charge in [-0.1, -0.05) is 13.3 Å². The molecule has 2 aliphatic rings. The van der Waals surface area contributed by atoms with Crippen LogP contribution in [-0.4, -0.2) is 30.4 Å². The summed E-state index contributed by atoms with van der Waals surface area (Å²) in [5, 5.41) is 11.0. The van der Waals surface area contributed by atoms with E-state index in [4.69, 9.17) is 14.2 Å². The number of unbranched alkanes of at least 4 members (excludes halogenated alkanes) is 1. The van der Waals surface area contributed by atoms with Crippen molar-refractivity contribution in [3.63, 3.8) is 0 Å². The Morgan fingerprint density at radius 1 is 1.37 bits per heavy atom. The largest absolute Gasteiger partial charge is 0.508 e. The van der Waals surface area contributed by atoms with Crippen molar-refractivity contribution in [2.45, 2.75) is 83.7 Å². The van der Waals surface area contributed by atoms with Crippen LogP contribution in [0.3, 0.4) is 0 Å². The van der Waals surface area contributed by atoms with Gasteiger partial charge in [-0.15, -0.1) is 0 Å². The monoisotopic (exact) mass is 416 g/mol. The van der Waals surface area contributed by atoms with Crippen LogP contribution in [0, 0.1) is 5.92 Å². The van der Waals surface area contributed by atoms with Crippen LogP contribution < -0.4 is 4.74 Å². The zero-order valence-electron chi connectivity index (χ0n) is 19.2. The van der Waals surface area contributed by atoms with Crippen LogP contribution >= 0.6 is 0 Å². The van der Waals surface area contributed by atoms with Gasteiger partial charge in [0.1, 0.15) is 17.1 Å². The maximum absolute atomic E-state index is 12.7. The minimum atomic E-state index is -0.877. The number of hydrogen-bond donors (Lipinski definition) is 1. The van der Waals surface area contributed by atoms with E-state index >= 15 is 0 Å². The molecule has 1 aliphatic heterocycles. The van der Waals surface area contributed by atoms with Crippen LogP contribution in [0.5, 0.6) is 11.5 Å². The van der Waals surface area contributed by atoms with Gasteiger partial charge in [0.15, 0.2) is 0 Å². The first-order chi connectivity index (χ1) is 14.1. The predicted octanol–water partition coefficient (Wildman–Crippen LogP) is 5.60. The Hall–Kier alpha value is -2.17. The lowest BCUT2D eigenvalue weighted by Gasteiger charge is -2.48. The van der Waals surface area contributed by atoms with Crippen LogP contribution in [0.2, 0.25) is 0 Å². The van der Waals surface area contributed by atoms with Crippen molar-refractivity contribution < 1.29 is 24.1 Å². The molecule has 1 aromatic carbocycles. The number of methoxy groups -OCH3 is 1. The minimum absolute atomic E-state index is 0.160. The molecule has 5 nitrogen and oxygen atoms in total. The van der Waals surface area contributed by atoms with E-state index in [0.717, 1.165) is 37.7 Å². The maximum atomic E-state index is 12.7. The first kappa shape index (κ1) is 22.5. The van der Waals surface area contributed by atoms with E-state index in [1.54, 1.807) is 13.2 Å². The predicted molar refractivity (Wildman–Crippen MR) is 117 cm³/mol. The summed E-state index contributed by atoms with van der Waals surface area (Å²) in [6, 6.07) is 3.63. The second-order valence-electron chi connectivity index (χ2n) is 9.69. The lowest BCUT2D eigenvalue weighted by molar-refractivity contribution is -0.149. The fraction of sp³-hybridized carbons (Fsp3) is 0.640. The molecular weight excluding hydrogens is 380 g/mol. The number of benzene rings is 1. The molecule has 0 bridgehead atoms. The normalized spacial score (nSPS) is 23.9. The number of ether oxygens (including phenoxy) is 3. The Morgan fingerprint density at radius 3 is 2.77 bits per heavy atom. The van der Waals surface area contributed by atoms with Crippen molar-refractivity contribution in [1.82, 2.24) is 0 Å². The minimum Gasteiger partial charge on any atom is -0.508 e. The molecule has 3 rings (SSSR count). The molecule has 0 spiro atoms. The highest BCUT2D eigenvalue weighted by Gasteiger charge is 2.47. The highest BCUT2D eigenvalue weighted by Crippen LogP contribution is 2.55. The molecule has 5 heteroatoms. The van der Waals surface area contributed by atoms with Crippen molar-refractivity contribution in [2.75, 3.05) is 13.7 Å². The third-order valence-corrected chi connectivity index (χ3v) is 6.75. The van der Waals surface area contributed by atoms with Crippen LogP contribution in [0.15, 0.2) is 24.0 Å². The van der Waals surface area contributed by atoms with Crippen molar-refractivity contribution in [2.24, 2.45) is 5.92 Å². The molecule has 0 unspecified atom stereocenters. The van der Waals surface area contributed by atoms with Gasteiger partial charge in [0.05, 0.1) is 25.4 Å². The number of phenols is 1. The number of aromatic hydroxyl groups is 1. The molecule has 1 fully saturated rings. The number of hydrogen-bond acceptors (Lipinski definition) is 5. The van der Waals surface area contributed by atoms with Gasteiger partial charge in [-0.05, 0) is 76.6 Å². The number of allylic oxidation sites excluding steroid dienone is 1. The van der Waals surface area contributed by atoms with Crippen LogP contribution in [-0.2, 0) is 19.7 Å². The number of phenolic OH excluding ortho intramolecular Hbond substituents is 1. The van der Waals surface area contributed by atoms with E-state index in [-0.39, 0.29) is 23.2 Å². The van der Waals surface area contributed by atoms with Gasteiger partial charge >= 0.3 is 5.97 Å². The molecule has 30 heavy (non-hydrogen) atoms. The Labute approximate surface area is 180 Å². The quantitative estimate of drug-likeness (QED) is 0.372. The van der Waals surface area contributed by atoms with E-state index < -0.39 is 5.41 Å². The molecule has 1 aromatic rings. The molecule has 166 valence electrons. The standard InChI is InChI=1S/C25H36O5/c1-7-8-11-29-23(27)24(2,3)17-13-20(26)22-18-12-16(15-28-6)9-10-19(18)25(4,5)30-21(22)14-17/h13-15,18-19,26H,7-12H2,1-6H3/t18-,19+/m0/s1. The average Bonchev–Trinajstić information content (AvgIpc) is 2.67. The summed E-state index contributed by atoms with van der Waals surface area (Å²) in [4.78, 5) is 12.7. The van der Waals surface area contributed by atoms with Gasteiger partial charge in [0.25, 0.3) is 0 Å². The molecule has 0 aromatic heterocycles. The molecule has 2 atom stereocenters. The van der Waals surface area contributed by atoms with Crippen LogP contribution in [0.25, 0.3) is 0 Å². The second-order valence-corrected chi connectivity index (χ2v) is 9.69. The molecule has 0 amide bonds. The third kappa shape index (κ3) is 4.17. The highest BCUT2D eigenvalue weighted by molar-refractivity contribution is 5.82. The average molecular weight is 417 g/mol. The maximum Gasteiger partial charge on any atom is 0.315 e. The first-order valence-corrected chi connectivity index (χ1v) is 11.1. The van der Waals surface area contributed by atoms with Gasteiger partial charge in [-0.2, -0.15) is 0 Å². The smallest absolute Gasteiger partial charge is 0.315 e. The zero-order valence-corrected chi connectivity index (χ0v) is 19.2. The van der Waals surface area contributed by atoms with Crippen molar-refractivity contribution in [1.29, 1.82) is 0 Å². The molecule has 0 radical (unpaired) electrons. The van der Waals surface area contributed by atoms with E-state index in [9.17, 15) is 9.90 Å². The van der Waals surface area contributed by atoms with Crippen LogP contribution in [0.4, 0.5) is 0 Å². The zero-order chi connectivity index (χ0) is 22.1. The number of carbonyl (C=O) groups is 1. The SMILES string of the molecule is CCCCOC(=O)C(C)(C)c1cc(O)c2c(c1)OC(C)(C)[C@@H]1CCC(=COC)C[C@H]21.